The third-order valence-corrected chi connectivity index (χ3v) is 6.97. The molecule has 2 saturated heterocycles. The van der Waals surface area contributed by atoms with E-state index in [0.29, 0.717) is 29.9 Å². The average molecular weight is 386 g/mol. The molecule has 0 saturated carbocycles. The third kappa shape index (κ3) is 4.34. The molecule has 3 rings (SSSR count). The highest BCUT2D eigenvalue weighted by Gasteiger charge is 2.33. The zero-order chi connectivity index (χ0) is 18.0. The number of amides is 1. The van der Waals surface area contributed by atoms with Gasteiger partial charge in [0.25, 0.3) is 0 Å². The molecule has 1 unspecified atom stereocenters. The molecule has 2 aliphatic heterocycles. The van der Waals surface area contributed by atoms with Crippen molar-refractivity contribution in [3.63, 3.8) is 0 Å². The van der Waals surface area contributed by atoms with E-state index < -0.39 is 16.1 Å². The summed E-state index contributed by atoms with van der Waals surface area (Å²) in [5, 5.41) is 3.87. The molecular formula is C17H24ClN3O3S. The van der Waals surface area contributed by atoms with Crippen molar-refractivity contribution in [3.8, 4) is 0 Å². The molecule has 0 bridgehead atoms. The molecule has 8 heteroatoms. The minimum atomic E-state index is -3.75. The predicted octanol–water partition coefficient (Wildman–Crippen LogP) is 1.46. The van der Waals surface area contributed by atoms with Gasteiger partial charge in [-0.2, -0.15) is 4.72 Å². The molecule has 3 atom stereocenters. The molecule has 0 aromatic heterocycles. The van der Waals surface area contributed by atoms with Gasteiger partial charge in [-0.05, 0) is 69.0 Å². The molecule has 2 aliphatic rings. The Morgan fingerprint density at radius 3 is 2.32 bits per heavy atom. The number of rotatable bonds is 4. The first-order valence-corrected chi connectivity index (χ1v) is 10.5. The summed E-state index contributed by atoms with van der Waals surface area (Å²) in [6.07, 6.45) is 1.94. The number of nitrogens with one attached hydrogen (secondary N) is 2. The fraction of sp³-hybridized carbons (Fsp3) is 0.588. The molecule has 2 N–H and O–H groups in total. The second-order valence-electron chi connectivity index (χ2n) is 6.88. The quantitative estimate of drug-likeness (QED) is 0.822. The predicted molar refractivity (Wildman–Crippen MR) is 96.9 cm³/mol. The number of nitrogens with zero attached hydrogens (tertiary/aromatic N) is 1. The van der Waals surface area contributed by atoms with Crippen LogP contribution in [0.15, 0.2) is 29.2 Å². The van der Waals surface area contributed by atoms with Crippen LogP contribution in [-0.4, -0.2) is 51.4 Å². The lowest BCUT2D eigenvalue weighted by Gasteiger charge is -2.25. The lowest BCUT2D eigenvalue weighted by atomic mass is 9.92. The fourth-order valence-corrected chi connectivity index (χ4v) is 5.00. The van der Waals surface area contributed by atoms with Crippen LogP contribution >= 0.6 is 11.6 Å². The largest absolute Gasteiger partial charge is 0.341 e. The van der Waals surface area contributed by atoms with Gasteiger partial charge in [-0.15, -0.1) is 0 Å². The van der Waals surface area contributed by atoms with Gasteiger partial charge in [-0.3, -0.25) is 4.79 Å². The van der Waals surface area contributed by atoms with Gasteiger partial charge in [-0.25, -0.2) is 8.42 Å². The van der Waals surface area contributed by atoms with Crippen molar-refractivity contribution >= 4 is 27.5 Å². The van der Waals surface area contributed by atoms with Gasteiger partial charge < -0.3 is 10.2 Å². The average Bonchev–Trinajstić information content (AvgIpc) is 2.93. The first-order chi connectivity index (χ1) is 11.9. The Bertz CT molecular complexity index is 709. The summed E-state index contributed by atoms with van der Waals surface area (Å²) < 4.78 is 27.4. The summed E-state index contributed by atoms with van der Waals surface area (Å²) in [4.78, 5) is 14.6. The number of halogens is 1. The van der Waals surface area contributed by atoms with E-state index in [1.807, 2.05) is 0 Å². The third-order valence-electron chi connectivity index (χ3n) is 5.16. The highest BCUT2D eigenvalue weighted by atomic mass is 35.5. The van der Waals surface area contributed by atoms with E-state index >= 15 is 0 Å². The molecule has 6 nitrogen and oxygen atoms in total. The van der Waals surface area contributed by atoms with Crippen molar-refractivity contribution in [3.05, 3.63) is 29.3 Å². The minimum Gasteiger partial charge on any atom is -0.341 e. The number of fused-ring (bicyclic) bond motifs is 1. The zero-order valence-corrected chi connectivity index (χ0v) is 15.8. The maximum atomic E-state index is 12.7. The highest BCUT2D eigenvalue weighted by Crippen LogP contribution is 2.27. The second-order valence-corrected chi connectivity index (χ2v) is 9.03. The Labute approximate surface area is 154 Å². The standard InChI is InChI=1S/C17H24ClN3O3S/c1-12(20-25(23,24)16-4-2-15(18)3-5-16)17(22)21-8-6-13-10-19-11-14(13)7-9-21/h2-5,12-14,19-20H,6-11H2,1H3/t12?,13-,14+. The number of carbonyl (C=O) groups excluding carboxylic acids is 1. The molecular weight excluding hydrogens is 362 g/mol. The maximum Gasteiger partial charge on any atom is 0.241 e. The summed E-state index contributed by atoms with van der Waals surface area (Å²) >= 11 is 5.79. The molecule has 1 aromatic carbocycles. The Hall–Kier alpha value is -1.15. The molecule has 1 amide bonds. The highest BCUT2D eigenvalue weighted by molar-refractivity contribution is 7.89. The van der Waals surface area contributed by atoms with E-state index in [0.717, 1.165) is 25.9 Å². The molecule has 25 heavy (non-hydrogen) atoms. The minimum absolute atomic E-state index is 0.105. The van der Waals surface area contributed by atoms with Crippen LogP contribution in [0.25, 0.3) is 0 Å². The summed E-state index contributed by atoms with van der Waals surface area (Å²) in [5.74, 6) is 1.09. The van der Waals surface area contributed by atoms with E-state index in [2.05, 4.69) is 10.0 Å². The van der Waals surface area contributed by atoms with Gasteiger partial charge in [0, 0.05) is 18.1 Å². The molecule has 0 aliphatic carbocycles. The van der Waals surface area contributed by atoms with Gasteiger partial charge in [0.2, 0.25) is 15.9 Å². The van der Waals surface area contributed by atoms with Crippen LogP contribution in [0.5, 0.6) is 0 Å². The van der Waals surface area contributed by atoms with Crippen LogP contribution < -0.4 is 10.0 Å². The van der Waals surface area contributed by atoms with Crippen molar-refractivity contribution in [2.45, 2.75) is 30.7 Å². The van der Waals surface area contributed by atoms with Crippen LogP contribution in [0.3, 0.4) is 0 Å². The van der Waals surface area contributed by atoms with Gasteiger partial charge in [-0.1, -0.05) is 11.6 Å². The fourth-order valence-electron chi connectivity index (χ4n) is 3.68. The Morgan fingerprint density at radius 2 is 1.76 bits per heavy atom. The van der Waals surface area contributed by atoms with Crippen LogP contribution in [0.2, 0.25) is 5.02 Å². The van der Waals surface area contributed by atoms with Gasteiger partial charge in [0.15, 0.2) is 0 Å². The normalized spacial score (nSPS) is 25.3. The Kier molecular flexibility index (Phi) is 5.68. The summed E-state index contributed by atoms with van der Waals surface area (Å²) in [6.45, 7) is 5.02. The van der Waals surface area contributed by atoms with Gasteiger partial charge >= 0.3 is 0 Å². The van der Waals surface area contributed by atoms with Crippen LogP contribution in [-0.2, 0) is 14.8 Å². The summed E-state index contributed by atoms with van der Waals surface area (Å²) in [5.41, 5.74) is 0. The van der Waals surface area contributed by atoms with Crippen molar-refractivity contribution < 1.29 is 13.2 Å². The zero-order valence-electron chi connectivity index (χ0n) is 14.2. The van der Waals surface area contributed by atoms with E-state index in [1.165, 1.54) is 24.3 Å². The second kappa shape index (κ2) is 7.61. The van der Waals surface area contributed by atoms with Crippen LogP contribution in [0, 0.1) is 11.8 Å². The monoisotopic (exact) mass is 385 g/mol. The smallest absolute Gasteiger partial charge is 0.241 e. The Balaban J connectivity index is 1.63. The van der Waals surface area contributed by atoms with Gasteiger partial charge in [0.05, 0.1) is 10.9 Å². The number of sulfonamides is 1. The number of benzene rings is 1. The number of hydrogen-bond acceptors (Lipinski definition) is 4. The Morgan fingerprint density at radius 1 is 1.20 bits per heavy atom. The maximum absolute atomic E-state index is 12.7. The van der Waals surface area contributed by atoms with Crippen molar-refractivity contribution in [1.82, 2.24) is 14.9 Å². The first-order valence-electron chi connectivity index (χ1n) is 8.64. The van der Waals surface area contributed by atoms with E-state index in [9.17, 15) is 13.2 Å². The summed E-state index contributed by atoms with van der Waals surface area (Å²) in [6, 6.07) is 5.11. The lowest BCUT2D eigenvalue weighted by Crippen LogP contribution is -2.47. The van der Waals surface area contributed by atoms with Crippen LogP contribution in [0.1, 0.15) is 19.8 Å². The topological polar surface area (TPSA) is 78.5 Å². The SMILES string of the molecule is CC(NS(=O)(=O)c1ccc(Cl)cc1)C(=O)N1CC[C@@H]2CNC[C@@H]2CC1. The number of carbonyl (C=O) groups is 1. The van der Waals surface area contributed by atoms with Crippen molar-refractivity contribution in [1.29, 1.82) is 0 Å². The molecule has 0 radical (unpaired) electrons. The lowest BCUT2D eigenvalue weighted by molar-refractivity contribution is -0.132. The van der Waals surface area contributed by atoms with Gasteiger partial charge in [0.1, 0.15) is 0 Å². The van der Waals surface area contributed by atoms with Crippen molar-refractivity contribution in [2.24, 2.45) is 11.8 Å². The molecule has 138 valence electrons. The number of hydrogen-bond donors (Lipinski definition) is 2. The van der Waals surface area contributed by atoms with E-state index in [1.54, 1.807) is 11.8 Å². The molecule has 1 aromatic rings. The molecule has 2 heterocycles. The summed E-state index contributed by atoms with van der Waals surface area (Å²) in [7, 11) is -3.75. The first kappa shape index (κ1) is 18.6. The van der Waals surface area contributed by atoms with E-state index in [4.69, 9.17) is 11.6 Å². The molecule has 0 spiro atoms. The van der Waals surface area contributed by atoms with Crippen molar-refractivity contribution in [2.75, 3.05) is 26.2 Å². The number of likely N-dealkylation sites (tertiary alicyclic amines) is 1. The van der Waals surface area contributed by atoms with E-state index in [-0.39, 0.29) is 10.8 Å². The molecule has 2 fully saturated rings. The van der Waals surface area contributed by atoms with Crippen LogP contribution in [0.4, 0.5) is 0 Å².